The molecular formula is C20H24FN5O. The number of aromatic nitrogens is 2. The number of amides is 2. The van der Waals surface area contributed by atoms with E-state index in [-0.39, 0.29) is 17.3 Å². The van der Waals surface area contributed by atoms with Gasteiger partial charge in [0.05, 0.1) is 5.69 Å². The summed E-state index contributed by atoms with van der Waals surface area (Å²) in [5.74, 6) is 0.395. The van der Waals surface area contributed by atoms with Crippen LogP contribution < -0.4 is 10.2 Å². The zero-order valence-electron chi connectivity index (χ0n) is 15.7. The minimum Gasteiger partial charge on any atom is -0.347 e. The highest BCUT2D eigenvalue weighted by Gasteiger charge is 2.44. The van der Waals surface area contributed by atoms with Crippen LogP contribution in [0.25, 0.3) is 0 Å². The van der Waals surface area contributed by atoms with Gasteiger partial charge in [-0.25, -0.2) is 19.2 Å². The Balaban J connectivity index is 1.54. The largest absolute Gasteiger partial charge is 0.347 e. The number of aryl methyl sites for hydroxylation is 1. The van der Waals surface area contributed by atoms with Crippen molar-refractivity contribution in [3.05, 3.63) is 47.5 Å². The summed E-state index contributed by atoms with van der Waals surface area (Å²) in [7, 11) is 3.87. The predicted molar refractivity (Wildman–Crippen MR) is 103 cm³/mol. The third kappa shape index (κ3) is 3.34. The molecule has 1 atom stereocenters. The van der Waals surface area contributed by atoms with E-state index < -0.39 is 0 Å². The maximum absolute atomic E-state index is 13.1. The number of benzene rings is 1. The number of halogens is 1. The molecule has 7 heteroatoms. The summed E-state index contributed by atoms with van der Waals surface area (Å²) in [5, 5.41) is 2.88. The zero-order valence-corrected chi connectivity index (χ0v) is 15.7. The van der Waals surface area contributed by atoms with E-state index in [1.54, 1.807) is 12.1 Å². The van der Waals surface area contributed by atoms with Gasteiger partial charge in [-0.05, 0) is 55.5 Å². The number of nitrogens with one attached hydrogen (secondary N) is 1. The lowest BCUT2D eigenvalue weighted by atomic mass is 9.77. The molecule has 1 aromatic carbocycles. The average Bonchev–Trinajstić information content (AvgIpc) is 3.01. The zero-order chi connectivity index (χ0) is 19.0. The summed E-state index contributed by atoms with van der Waals surface area (Å²) < 4.78 is 13.1. The first-order valence-electron chi connectivity index (χ1n) is 9.32. The van der Waals surface area contributed by atoms with Crippen molar-refractivity contribution in [1.29, 1.82) is 0 Å². The maximum atomic E-state index is 13.1. The molecule has 2 amide bonds. The first-order valence-corrected chi connectivity index (χ1v) is 9.32. The van der Waals surface area contributed by atoms with Crippen molar-refractivity contribution >= 4 is 17.7 Å². The third-order valence-electron chi connectivity index (χ3n) is 5.59. The number of hydrogen-bond acceptors (Lipinski definition) is 4. The Hall–Kier alpha value is -2.70. The van der Waals surface area contributed by atoms with Crippen LogP contribution in [0.15, 0.2) is 30.5 Å². The van der Waals surface area contributed by atoms with Crippen molar-refractivity contribution in [1.82, 2.24) is 14.9 Å². The molecule has 1 aliphatic carbocycles. The number of carbonyl (C=O) groups is 1. The minimum absolute atomic E-state index is 0.0958. The first kappa shape index (κ1) is 17.7. The van der Waals surface area contributed by atoms with Crippen molar-refractivity contribution in [2.75, 3.05) is 37.4 Å². The van der Waals surface area contributed by atoms with Crippen molar-refractivity contribution in [3.8, 4) is 0 Å². The number of anilines is 2. The van der Waals surface area contributed by atoms with E-state index in [2.05, 4.69) is 10.3 Å². The van der Waals surface area contributed by atoms with Crippen LogP contribution >= 0.6 is 0 Å². The fraction of sp³-hybridized carbons (Fsp3) is 0.450. The number of rotatable bonds is 2. The highest BCUT2D eigenvalue weighted by atomic mass is 19.1. The van der Waals surface area contributed by atoms with E-state index in [1.165, 1.54) is 17.7 Å². The molecule has 142 valence electrons. The first-order chi connectivity index (χ1) is 13.0. The lowest BCUT2D eigenvalue weighted by Gasteiger charge is -2.40. The Morgan fingerprint density at radius 1 is 1.26 bits per heavy atom. The summed E-state index contributed by atoms with van der Waals surface area (Å²) in [6.45, 7) is 1.37. The number of urea groups is 1. The second-order valence-corrected chi connectivity index (χ2v) is 7.68. The van der Waals surface area contributed by atoms with Crippen LogP contribution in [-0.4, -0.2) is 48.1 Å². The number of nitrogens with zero attached hydrogens (tertiary/aromatic N) is 4. The Bertz CT molecular complexity index is 850. The minimum atomic E-state index is -0.316. The third-order valence-corrected chi connectivity index (χ3v) is 5.59. The van der Waals surface area contributed by atoms with Crippen molar-refractivity contribution in [3.63, 3.8) is 0 Å². The van der Waals surface area contributed by atoms with Crippen LogP contribution in [0.1, 0.15) is 30.5 Å². The van der Waals surface area contributed by atoms with Gasteiger partial charge in [0.1, 0.15) is 5.82 Å². The van der Waals surface area contributed by atoms with Gasteiger partial charge in [0.15, 0.2) is 0 Å². The highest BCUT2D eigenvalue weighted by Crippen LogP contribution is 2.44. The Morgan fingerprint density at radius 3 is 2.78 bits per heavy atom. The SMILES string of the molecule is CN(C)c1ncc2c(n1)C1(CCCN(C(=O)Nc3ccc(F)cc3)C1)CC2. The molecule has 1 fully saturated rings. The summed E-state index contributed by atoms with van der Waals surface area (Å²) >= 11 is 0. The Labute approximate surface area is 158 Å². The monoisotopic (exact) mass is 369 g/mol. The van der Waals surface area contributed by atoms with Crippen LogP contribution in [0, 0.1) is 5.82 Å². The molecule has 1 spiro atoms. The van der Waals surface area contributed by atoms with E-state index in [9.17, 15) is 9.18 Å². The number of hydrogen-bond donors (Lipinski definition) is 1. The average molecular weight is 369 g/mol. The molecule has 1 saturated heterocycles. The number of fused-ring (bicyclic) bond motifs is 2. The molecule has 2 aromatic rings. The van der Waals surface area contributed by atoms with E-state index >= 15 is 0 Å². The van der Waals surface area contributed by atoms with Gasteiger partial charge < -0.3 is 15.1 Å². The fourth-order valence-corrected chi connectivity index (χ4v) is 4.19. The Kier molecular flexibility index (Phi) is 4.45. The van der Waals surface area contributed by atoms with E-state index in [0.717, 1.165) is 37.9 Å². The molecule has 4 rings (SSSR count). The molecular weight excluding hydrogens is 345 g/mol. The molecule has 2 heterocycles. The van der Waals surface area contributed by atoms with Gasteiger partial charge >= 0.3 is 6.03 Å². The predicted octanol–water partition coefficient (Wildman–Crippen LogP) is 3.19. The van der Waals surface area contributed by atoms with Gasteiger partial charge in [-0.2, -0.15) is 0 Å². The molecule has 1 aromatic heterocycles. The summed E-state index contributed by atoms with van der Waals surface area (Å²) in [5.41, 5.74) is 2.80. The standard InChI is InChI=1S/C20H24FN5O/c1-25(2)18-22-12-14-8-10-20(17(14)24-18)9-3-11-26(13-20)19(27)23-16-6-4-15(21)5-7-16/h4-7,12H,3,8-11,13H2,1-2H3,(H,23,27). The van der Waals surface area contributed by atoms with Gasteiger partial charge in [-0.15, -0.1) is 0 Å². The lowest BCUT2D eigenvalue weighted by Crippen LogP contribution is -2.49. The van der Waals surface area contributed by atoms with Crippen molar-refractivity contribution in [2.45, 2.75) is 31.1 Å². The molecule has 1 aliphatic heterocycles. The van der Waals surface area contributed by atoms with Crippen LogP contribution in [-0.2, 0) is 11.8 Å². The second kappa shape index (κ2) is 6.79. The number of likely N-dealkylation sites (tertiary alicyclic amines) is 1. The molecule has 6 nitrogen and oxygen atoms in total. The fourth-order valence-electron chi connectivity index (χ4n) is 4.19. The van der Waals surface area contributed by atoms with Crippen LogP contribution in [0.2, 0.25) is 0 Å². The lowest BCUT2D eigenvalue weighted by molar-refractivity contribution is 0.157. The molecule has 2 aliphatic rings. The summed E-state index contributed by atoms with van der Waals surface area (Å²) in [4.78, 5) is 25.8. The van der Waals surface area contributed by atoms with Gasteiger partial charge in [0.2, 0.25) is 5.95 Å². The van der Waals surface area contributed by atoms with Crippen LogP contribution in [0.5, 0.6) is 0 Å². The number of piperidine rings is 1. The van der Waals surface area contributed by atoms with Crippen LogP contribution in [0.3, 0.4) is 0 Å². The van der Waals surface area contributed by atoms with Gasteiger partial charge in [0.25, 0.3) is 0 Å². The summed E-state index contributed by atoms with van der Waals surface area (Å²) in [6.07, 6.45) is 5.86. The number of carbonyl (C=O) groups excluding carboxylic acids is 1. The van der Waals surface area contributed by atoms with Crippen LogP contribution in [0.4, 0.5) is 20.8 Å². The molecule has 27 heavy (non-hydrogen) atoms. The van der Waals surface area contributed by atoms with Gasteiger partial charge in [0, 0.05) is 44.5 Å². The van der Waals surface area contributed by atoms with Crippen molar-refractivity contribution in [2.24, 2.45) is 0 Å². The van der Waals surface area contributed by atoms with Crippen molar-refractivity contribution < 1.29 is 9.18 Å². The van der Waals surface area contributed by atoms with Gasteiger partial charge in [-0.1, -0.05) is 0 Å². The van der Waals surface area contributed by atoms with E-state index in [1.807, 2.05) is 30.1 Å². The normalized spacial score (nSPS) is 21.2. The maximum Gasteiger partial charge on any atom is 0.321 e. The molecule has 0 bridgehead atoms. The molecule has 1 N–H and O–H groups in total. The topological polar surface area (TPSA) is 61.4 Å². The second-order valence-electron chi connectivity index (χ2n) is 7.68. The summed E-state index contributed by atoms with van der Waals surface area (Å²) in [6, 6.07) is 5.71. The Morgan fingerprint density at radius 2 is 2.04 bits per heavy atom. The molecule has 0 saturated carbocycles. The highest BCUT2D eigenvalue weighted by molar-refractivity contribution is 5.89. The van der Waals surface area contributed by atoms with E-state index in [4.69, 9.17) is 4.98 Å². The quantitative estimate of drug-likeness (QED) is 0.883. The van der Waals surface area contributed by atoms with E-state index in [0.29, 0.717) is 18.2 Å². The molecule has 1 unspecified atom stereocenters. The smallest absolute Gasteiger partial charge is 0.321 e. The molecule has 0 radical (unpaired) electrons. The van der Waals surface area contributed by atoms with Gasteiger partial charge in [-0.3, -0.25) is 0 Å².